The van der Waals surface area contributed by atoms with Gasteiger partial charge in [0, 0.05) is 19.1 Å². The van der Waals surface area contributed by atoms with Gasteiger partial charge in [-0.2, -0.15) is 0 Å². The van der Waals surface area contributed by atoms with Gasteiger partial charge in [-0.3, -0.25) is 4.79 Å². The number of hydrogen-bond donors (Lipinski definition) is 1. The third-order valence-electron chi connectivity index (χ3n) is 4.09. The monoisotopic (exact) mass is 344 g/mol. The second kappa shape index (κ2) is 8.19. The standard InChI is InChI=1S/C20H28N2O3/c1-5-15-6-8-16(9-7-15)14-18(23)21-17-10-12-22(13-11-17)19(24)25-20(2,3)4/h5-9,17H,1,10-14H2,2-4H3,(H,21,23). The molecule has 0 aromatic heterocycles. The quantitative estimate of drug-likeness (QED) is 0.911. The van der Waals surface area contributed by atoms with Crippen LogP contribution < -0.4 is 5.32 Å². The molecule has 1 fully saturated rings. The molecule has 136 valence electrons. The van der Waals surface area contributed by atoms with Gasteiger partial charge in [-0.25, -0.2) is 4.79 Å². The highest BCUT2D eigenvalue weighted by Crippen LogP contribution is 2.15. The van der Waals surface area contributed by atoms with Gasteiger partial charge < -0.3 is 15.0 Å². The van der Waals surface area contributed by atoms with E-state index in [1.165, 1.54) is 0 Å². The van der Waals surface area contributed by atoms with Crippen LogP contribution in [0.5, 0.6) is 0 Å². The van der Waals surface area contributed by atoms with Gasteiger partial charge in [0.15, 0.2) is 0 Å². The Morgan fingerprint density at radius 2 is 1.84 bits per heavy atom. The largest absolute Gasteiger partial charge is 0.444 e. The number of nitrogens with one attached hydrogen (secondary N) is 1. The maximum absolute atomic E-state index is 12.2. The second-order valence-electron chi connectivity index (χ2n) is 7.43. The molecule has 1 N–H and O–H groups in total. The first-order chi connectivity index (χ1) is 11.8. The van der Waals surface area contributed by atoms with Crippen molar-refractivity contribution in [1.29, 1.82) is 0 Å². The van der Waals surface area contributed by atoms with Crippen LogP contribution >= 0.6 is 0 Å². The Bertz CT molecular complexity index is 609. The first kappa shape index (κ1) is 19.0. The molecule has 0 atom stereocenters. The molecular formula is C20H28N2O3. The number of piperidine rings is 1. The molecule has 1 aromatic carbocycles. The summed E-state index contributed by atoms with van der Waals surface area (Å²) in [5.41, 5.74) is 1.54. The maximum atomic E-state index is 12.2. The molecule has 0 radical (unpaired) electrons. The van der Waals surface area contributed by atoms with E-state index in [1.54, 1.807) is 11.0 Å². The second-order valence-corrected chi connectivity index (χ2v) is 7.43. The molecule has 0 saturated carbocycles. The first-order valence-electron chi connectivity index (χ1n) is 8.75. The van der Waals surface area contributed by atoms with Crippen molar-refractivity contribution in [3.8, 4) is 0 Å². The third-order valence-corrected chi connectivity index (χ3v) is 4.09. The molecule has 1 aliphatic heterocycles. The van der Waals surface area contributed by atoms with Crippen LogP contribution in [0.3, 0.4) is 0 Å². The summed E-state index contributed by atoms with van der Waals surface area (Å²) in [6, 6.07) is 7.91. The number of carbonyl (C=O) groups excluding carboxylic acids is 2. The van der Waals surface area contributed by atoms with E-state index in [9.17, 15) is 9.59 Å². The lowest BCUT2D eigenvalue weighted by molar-refractivity contribution is -0.121. The molecule has 1 aromatic rings. The molecule has 5 heteroatoms. The Hall–Kier alpha value is -2.30. The van der Waals surface area contributed by atoms with E-state index in [2.05, 4.69) is 11.9 Å². The Morgan fingerprint density at radius 1 is 1.24 bits per heavy atom. The summed E-state index contributed by atoms with van der Waals surface area (Å²) >= 11 is 0. The van der Waals surface area contributed by atoms with Gasteiger partial charge in [0.1, 0.15) is 5.60 Å². The van der Waals surface area contributed by atoms with Crippen LogP contribution in [0, 0.1) is 0 Å². The van der Waals surface area contributed by atoms with Gasteiger partial charge in [-0.15, -0.1) is 0 Å². The van der Waals surface area contributed by atoms with E-state index in [4.69, 9.17) is 4.74 Å². The van der Waals surface area contributed by atoms with Crippen molar-refractivity contribution >= 4 is 18.1 Å². The van der Waals surface area contributed by atoms with E-state index in [-0.39, 0.29) is 18.0 Å². The van der Waals surface area contributed by atoms with Crippen molar-refractivity contribution < 1.29 is 14.3 Å². The van der Waals surface area contributed by atoms with Crippen molar-refractivity contribution in [2.24, 2.45) is 0 Å². The Kier molecular flexibility index (Phi) is 6.23. The average Bonchev–Trinajstić information content (AvgIpc) is 2.54. The zero-order chi connectivity index (χ0) is 18.4. The summed E-state index contributed by atoms with van der Waals surface area (Å²) < 4.78 is 5.38. The molecule has 0 bridgehead atoms. The summed E-state index contributed by atoms with van der Waals surface area (Å²) in [4.78, 5) is 26.0. The van der Waals surface area contributed by atoms with Crippen LogP contribution in [-0.4, -0.2) is 41.6 Å². The molecule has 0 unspecified atom stereocenters. The molecule has 0 spiro atoms. The molecule has 1 aliphatic rings. The summed E-state index contributed by atoms with van der Waals surface area (Å²) in [6.45, 7) is 10.5. The number of amides is 2. The van der Waals surface area contributed by atoms with E-state index in [1.807, 2.05) is 45.0 Å². The molecule has 5 nitrogen and oxygen atoms in total. The summed E-state index contributed by atoms with van der Waals surface area (Å²) in [7, 11) is 0. The van der Waals surface area contributed by atoms with E-state index < -0.39 is 5.60 Å². The number of likely N-dealkylation sites (tertiary alicyclic amines) is 1. The third kappa shape index (κ3) is 6.25. The van der Waals surface area contributed by atoms with E-state index in [0.717, 1.165) is 24.0 Å². The van der Waals surface area contributed by atoms with Gasteiger partial charge in [0.25, 0.3) is 0 Å². The van der Waals surface area contributed by atoms with E-state index in [0.29, 0.717) is 19.5 Å². The fraction of sp³-hybridized carbons (Fsp3) is 0.500. The Labute approximate surface area is 150 Å². The minimum absolute atomic E-state index is 0.0158. The molecular weight excluding hydrogens is 316 g/mol. The number of hydrogen-bond acceptors (Lipinski definition) is 3. The molecule has 0 aliphatic carbocycles. The SMILES string of the molecule is C=Cc1ccc(CC(=O)NC2CCN(C(=O)OC(C)(C)C)CC2)cc1. The molecule has 25 heavy (non-hydrogen) atoms. The van der Waals surface area contributed by atoms with Crippen molar-refractivity contribution in [3.05, 3.63) is 42.0 Å². The average molecular weight is 344 g/mol. The minimum atomic E-state index is -0.483. The minimum Gasteiger partial charge on any atom is -0.444 e. The number of ether oxygens (including phenoxy) is 1. The Balaban J connectivity index is 1.76. The highest BCUT2D eigenvalue weighted by atomic mass is 16.6. The number of benzene rings is 1. The fourth-order valence-electron chi connectivity index (χ4n) is 2.77. The van der Waals surface area contributed by atoms with Crippen LogP contribution in [-0.2, 0) is 16.0 Å². The first-order valence-corrected chi connectivity index (χ1v) is 8.75. The van der Waals surface area contributed by atoms with Crippen LogP contribution in [0.4, 0.5) is 4.79 Å². The number of rotatable bonds is 4. The lowest BCUT2D eigenvalue weighted by Crippen LogP contribution is -2.48. The van der Waals surface area contributed by atoms with Crippen molar-refractivity contribution in [1.82, 2.24) is 10.2 Å². The van der Waals surface area contributed by atoms with E-state index >= 15 is 0 Å². The van der Waals surface area contributed by atoms with Gasteiger partial charge >= 0.3 is 6.09 Å². The summed E-state index contributed by atoms with van der Waals surface area (Å²) in [5, 5.41) is 3.07. The predicted octanol–water partition coefficient (Wildman–Crippen LogP) is 3.39. The lowest BCUT2D eigenvalue weighted by atomic mass is 10.0. The Morgan fingerprint density at radius 3 is 2.36 bits per heavy atom. The zero-order valence-electron chi connectivity index (χ0n) is 15.4. The molecule has 1 heterocycles. The number of nitrogens with zero attached hydrogens (tertiary/aromatic N) is 1. The van der Waals surface area contributed by atoms with Gasteiger partial charge in [0.2, 0.25) is 5.91 Å². The van der Waals surface area contributed by atoms with Crippen LogP contribution in [0.25, 0.3) is 6.08 Å². The van der Waals surface area contributed by atoms with Crippen molar-refractivity contribution in [3.63, 3.8) is 0 Å². The lowest BCUT2D eigenvalue weighted by Gasteiger charge is -2.33. The highest BCUT2D eigenvalue weighted by molar-refractivity contribution is 5.79. The topological polar surface area (TPSA) is 58.6 Å². The van der Waals surface area contributed by atoms with Gasteiger partial charge in [0.05, 0.1) is 6.42 Å². The highest BCUT2D eigenvalue weighted by Gasteiger charge is 2.27. The predicted molar refractivity (Wildman–Crippen MR) is 99.2 cm³/mol. The summed E-state index contributed by atoms with van der Waals surface area (Å²) in [6.07, 6.45) is 3.37. The van der Waals surface area contributed by atoms with Crippen LogP contribution in [0.15, 0.2) is 30.8 Å². The maximum Gasteiger partial charge on any atom is 0.410 e. The number of carbonyl (C=O) groups is 2. The fourth-order valence-corrected chi connectivity index (χ4v) is 2.77. The van der Waals surface area contributed by atoms with Crippen LogP contribution in [0.2, 0.25) is 0 Å². The van der Waals surface area contributed by atoms with Crippen LogP contribution in [0.1, 0.15) is 44.7 Å². The van der Waals surface area contributed by atoms with Crippen molar-refractivity contribution in [2.75, 3.05) is 13.1 Å². The van der Waals surface area contributed by atoms with Gasteiger partial charge in [-0.1, -0.05) is 36.9 Å². The normalized spacial score (nSPS) is 15.6. The molecule has 2 amide bonds. The smallest absolute Gasteiger partial charge is 0.410 e. The zero-order valence-corrected chi connectivity index (χ0v) is 15.4. The van der Waals surface area contributed by atoms with Crippen molar-refractivity contribution in [2.45, 2.75) is 51.7 Å². The molecule has 1 saturated heterocycles. The van der Waals surface area contributed by atoms with Gasteiger partial charge in [-0.05, 0) is 44.7 Å². The molecule has 2 rings (SSSR count). The summed E-state index contributed by atoms with van der Waals surface area (Å²) in [5.74, 6) is 0.0158.